The lowest BCUT2D eigenvalue weighted by Crippen LogP contribution is -2.24. The fourth-order valence-corrected chi connectivity index (χ4v) is 2.84. The summed E-state index contributed by atoms with van der Waals surface area (Å²) in [5.41, 5.74) is 2.27. The van der Waals surface area contributed by atoms with Crippen LogP contribution in [-0.4, -0.2) is 19.2 Å². The summed E-state index contributed by atoms with van der Waals surface area (Å²) >= 11 is 0. The summed E-state index contributed by atoms with van der Waals surface area (Å²) in [5.74, 6) is 0.0913. The first-order valence-corrected chi connectivity index (χ1v) is 7.84. The highest BCUT2D eigenvalue weighted by Gasteiger charge is 2.40. The zero-order valence-corrected chi connectivity index (χ0v) is 13.5. The van der Waals surface area contributed by atoms with Crippen LogP contribution in [0.25, 0.3) is 0 Å². The monoisotopic (exact) mass is 290 g/mol. The Labute approximate surface area is 127 Å². The van der Waals surface area contributed by atoms with E-state index in [0.29, 0.717) is 13.2 Å². The number of hydrogen-bond acceptors (Lipinski definition) is 3. The summed E-state index contributed by atoms with van der Waals surface area (Å²) < 4.78 is 11.5. The van der Waals surface area contributed by atoms with E-state index < -0.39 is 0 Å². The van der Waals surface area contributed by atoms with Gasteiger partial charge in [0, 0.05) is 5.92 Å². The molecule has 21 heavy (non-hydrogen) atoms. The Morgan fingerprint density at radius 1 is 1.38 bits per heavy atom. The number of aryl methyl sites for hydroxylation is 1. The Bertz CT molecular complexity index is 478. The van der Waals surface area contributed by atoms with Crippen LogP contribution >= 0.6 is 0 Å². The van der Waals surface area contributed by atoms with Crippen molar-refractivity contribution in [2.75, 3.05) is 13.2 Å². The molecular weight excluding hydrogens is 264 g/mol. The number of esters is 1. The van der Waals surface area contributed by atoms with E-state index in [4.69, 9.17) is 9.47 Å². The van der Waals surface area contributed by atoms with Gasteiger partial charge in [0.2, 0.25) is 0 Å². The Morgan fingerprint density at radius 3 is 2.62 bits per heavy atom. The topological polar surface area (TPSA) is 35.5 Å². The van der Waals surface area contributed by atoms with Gasteiger partial charge in [0.1, 0.15) is 0 Å². The first-order valence-electron chi connectivity index (χ1n) is 7.84. The lowest BCUT2D eigenvalue weighted by molar-refractivity contribution is -0.148. The average Bonchev–Trinajstić information content (AvgIpc) is 2.90. The van der Waals surface area contributed by atoms with Crippen LogP contribution in [0.5, 0.6) is 0 Å². The normalized spacial score (nSPS) is 25.3. The van der Waals surface area contributed by atoms with Crippen LogP contribution in [0.2, 0.25) is 0 Å². The number of carbonyl (C=O) groups excluding carboxylic acids is 1. The van der Waals surface area contributed by atoms with Gasteiger partial charge in [-0.2, -0.15) is 0 Å². The second kappa shape index (κ2) is 6.61. The van der Waals surface area contributed by atoms with E-state index in [1.807, 2.05) is 13.8 Å². The zero-order chi connectivity index (χ0) is 15.5. The van der Waals surface area contributed by atoms with Crippen LogP contribution in [0, 0.1) is 18.8 Å². The minimum Gasteiger partial charge on any atom is -0.465 e. The fourth-order valence-electron chi connectivity index (χ4n) is 2.84. The van der Waals surface area contributed by atoms with Gasteiger partial charge in [-0.1, -0.05) is 50.6 Å². The predicted octanol–water partition coefficient (Wildman–Crippen LogP) is 3.84. The molecule has 3 nitrogen and oxygen atoms in total. The summed E-state index contributed by atoms with van der Waals surface area (Å²) in [6, 6.07) is 8.56. The van der Waals surface area contributed by atoms with Crippen LogP contribution < -0.4 is 0 Å². The fraction of sp³-hybridized carbons (Fsp3) is 0.611. The molecule has 1 aromatic rings. The Morgan fingerprint density at radius 2 is 2.05 bits per heavy atom. The maximum atomic E-state index is 11.6. The summed E-state index contributed by atoms with van der Waals surface area (Å²) in [4.78, 5) is 11.6. The molecule has 1 saturated heterocycles. The van der Waals surface area contributed by atoms with E-state index in [2.05, 4.69) is 38.1 Å². The van der Waals surface area contributed by atoms with Gasteiger partial charge < -0.3 is 9.47 Å². The van der Waals surface area contributed by atoms with E-state index in [1.165, 1.54) is 11.1 Å². The highest BCUT2D eigenvalue weighted by atomic mass is 16.5. The number of hydrogen-bond donors (Lipinski definition) is 0. The highest BCUT2D eigenvalue weighted by molar-refractivity contribution is 5.71. The molecule has 0 bridgehead atoms. The molecule has 0 radical (unpaired) electrons. The van der Waals surface area contributed by atoms with Crippen molar-refractivity contribution in [2.24, 2.45) is 11.8 Å². The van der Waals surface area contributed by atoms with Crippen molar-refractivity contribution in [3.63, 3.8) is 0 Å². The number of rotatable bonds is 5. The van der Waals surface area contributed by atoms with Gasteiger partial charge >= 0.3 is 5.97 Å². The third-order valence-electron chi connectivity index (χ3n) is 4.30. The van der Waals surface area contributed by atoms with E-state index in [1.54, 1.807) is 0 Å². The predicted molar refractivity (Wildman–Crippen MR) is 83.0 cm³/mol. The van der Waals surface area contributed by atoms with Crippen molar-refractivity contribution in [1.82, 2.24) is 0 Å². The average molecular weight is 290 g/mol. The zero-order valence-electron chi connectivity index (χ0n) is 13.5. The van der Waals surface area contributed by atoms with Gasteiger partial charge in [-0.05, 0) is 25.3 Å². The van der Waals surface area contributed by atoms with Crippen molar-refractivity contribution in [3.05, 3.63) is 35.4 Å². The molecule has 0 spiro atoms. The SMILES string of the molecule is CC[C@@]1(c2ccc(C)cc2)C[C@H](COC(=O)C(C)C)CO1. The maximum Gasteiger partial charge on any atom is 0.308 e. The molecule has 1 aliphatic heterocycles. The first kappa shape index (κ1) is 16.0. The lowest BCUT2D eigenvalue weighted by Gasteiger charge is -2.28. The van der Waals surface area contributed by atoms with Crippen molar-refractivity contribution >= 4 is 5.97 Å². The molecule has 0 amide bonds. The van der Waals surface area contributed by atoms with Crippen molar-refractivity contribution in [3.8, 4) is 0 Å². The molecular formula is C18H26O3. The van der Waals surface area contributed by atoms with E-state index >= 15 is 0 Å². The lowest BCUT2D eigenvalue weighted by atomic mass is 9.85. The molecule has 0 aliphatic carbocycles. The Balaban J connectivity index is 2.00. The molecule has 0 unspecified atom stereocenters. The standard InChI is InChI=1S/C18H26O3/c1-5-18(16-8-6-14(4)7-9-16)10-15(12-21-18)11-20-17(19)13(2)3/h6-9,13,15H,5,10-12H2,1-4H3/t15-,18+/m1/s1. The van der Waals surface area contributed by atoms with Crippen LogP contribution in [0.3, 0.4) is 0 Å². The van der Waals surface area contributed by atoms with Gasteiger partial charge in [0.05, 0.1) is 24.7 Å². The van der Waals surface area contributed by atoms with Crippen molar-refractivity contribution in [1.29, 1.82) is 0 Å². The molecule has 0 aromatic heterocycles. The number of ether oxygens (including phenoxy) is 2. The summed E-state index contributed by atoms with van der Waals surface area (Å²) in [5, 5.41) is 0. The Hall–Kier alpha value is -1.35. The summed E-state index contributed by atoms with van der Waals surface area (Å²) in [6.07, 6.45) is 1.85. The number of benzene rings is 1. The van der Waals surface area contributed by atoms with Crippen molar-refractivity contribution in [2.45, 2.75) is 46.1 Å². The first-order chi connectivity index (χ1) is 9.97. The van der Waals surface area contributed by atoms with Crippen LogP contribution in [0.1, 0.15) is 44.7 Å². The molecule has 116 valence electrons. The van der Waals surface area contributed by atoms with Crippen LogP contribution in [0.4, 0.5) is 0 Å². The third-order valence-corrected chi connectivity index (χ3v) is 4.30. The van der Waals surface area contributed by atoms with Gasteiger partial charge in [-0.3, -0.25) is 4.79 Å². The Kier molecular flexibility index (Phi) is 5.04. The molecule has 2 atom stereocenters. The second-order valence-electron chi connectivity index (χ2n) is 6.38. The molecule has 2 rings (SSSR count). The summed E-state index contributed by atoms with van der Waals surface area (Å²) in [6.45, 7) is 9.08. The molecule has 3 heteroatoms. The minimum absolute atomic E-state index is 0.0691. The molecule has 1 aromatic carbocycles. The minimum atomic E-state index is -0.220. The second-order valence-corrected chi connectivity index (χ2v) is 6.38. The van der Waals surface area contributed by atoms with Crippen LogP contribution in [-0.2, 0) is 19.9 Å². The van der Waals surface area contributed by atoms with Gasteiger partial charge in [-0.25, -0.2) is 0 Å². The smallest absolute Gasteiger partial charge is 0.308 e. The largest absolute Gasteiger partial charge is 0.465 e. The molecule has 1 aliphatic rings. The van der Waals surface area contributed by atoms with E-state index in [9.17, 15) is 4.79 Å². The van der Waals surface area contributed by atoms with E-state index in [-0.39, 0.29) is 23.4 Å². The van der Waals surface area contributed by atoms with Gasteiger partial charge in [0.25, 0.3) is 0 Å². The quantitative estimate of drug-likeness (QED) is 0.773. The van der Waals surface area contributed by atoms with E-state index in [0.717, 1.165) is 12.8 Å². The molecule has 1 heterocycles. The molecule has 1 fully saturated rings. The summed E-state index contributed by atoms with van der Waals surface area (Å²) in [7, 11) is 0. The highest BCUT2D eigenvalue weighted by Crippen LogP contribution is 2.41. The van der Waals surface area contributed by atoms with Gasteiger partial charge in [-0.15, -0.1) is 0 Å². The van der Waals surface area contributed by atoms with Crippen molar-refractivity contribution < 1.29 is 14.3 Å². The maximum absolute atomic E-state index is 11.6. The van der Waals surface area contributed by atoms with Gasteiger partial charge in [0.15, 0.2) is 0 Å². The molecule has 0 saturated carbocycles. The number of carbonyl (C=O) groups is 1. The van der Waals surface area contributed by atoms with Crippen LogP contribution in [0.15, 0.2) is 24.3 Å². The third kappa shape index (κ3) is 3.65. The molecule has 0 N–H and O–H groups in total.